The Morgan fingerprint density at radius 3 is 3.05 bits per heavy atom. The fourth-order valence-electron chi connectivity index (χ4n) is 1.78. The van der Waals surface area contributed by atoms with Crippen LogP contribution < -0.4 is 10.6 Å². The predicted molar refractivity (Wildman–Crippen MR) is 75.7 cm³/mol. The van der Waals surface area contributed by atoms with E-state index < -0.39 is 0 Å². The summed E-state index contributed by atoms with van der Waals surface area (Å²) in [6, 6.07) is 3.90. The van der Waals surface area contributed by atoms with E-state index >= 15 is 0 Å². The van der Waals surface area contributed by atoms with Gasteiger partial charge in [-0.2, -0.15) is 4.98 Å². The fourth-order valence-corrected chi connectivity index (χ4v) is 1.78. The second kappa shape index (κ2) is 6.85. The van der Waals surface area contributed by atoms with Crippen molar-refractivity contribution in [2.45, 2.75) is 13.3 Å². The number of rotatable bonds is 7. The zero-order valence-electron chi connectivity index (χ0n) is 11.7. The van der Waals surface area contributed by atoms with Crippen LogP contribution in [0.4, 0.5) is 5.95 Å². The Labute approximate surface area is 117 Å². The van der Waals surface area contributed by atoms with E-state index in [-0.39, 0.29) is 5.91 Å². The van der Waals surface area contributed by atoms with Crippen LogP contribution in [-0.4, -0.2) is 47.3 Å². The van der Waals surface area contributed by atoms with Crippen LogP contribution in [0, 0.1) is 6.92 Å². The second-order valence-electron chi connectivity index (χ2n) is 4.41. The third kappa shape index (κ3) is 3.67. The number of aromatic nitrogens is 3. The molecule has 0 bridgehead atoms. The molecule has 0 aliphatic heterocycles. The van der Waals surface area contributed by atoms with E-state index in [1.807, 2.05) is 25.3 Å². The number of hydrogen-bond acceptors (Lipinski definition) is 5. The van der Waals surface area contributed by atoms with Gasteiger partial charge in [-0.25, -0.2) is 4.52 Å². The maximum absolute atomic E-state index is 11.5. The van der Waals surface area contributed by atoms with Crippen molar-refractivity contribution < 1.29 is 9.53 Å². The Hall–Kier alpha value is -2.15. The van der Waals surface area contributed by atoms with E-state index in [0.717, 1.165) is 11.2 Å². The van der Waals surface area contributed by atoms with Crippen LogP contribution in [0.5, 0.6) is 0 Å². The van der Waals surface area contributed by atoms with Crippen LogP contribution >= 0.6 is 0 Å². The van der Waals surface area contributed by atoms with E-state index in [9.17, 15) is 4.79 Å². The van der Waals surface area contributed by atoms with E-state index in [1.165, 1.54) is 0 Å². The molecule has 0 saturated heterocycles. The molecule has 2 N–H and O–H groups in total. The number of nitrogens with one attached hydrogen (secondary N) is 2. The topological polar surface area (TPSA) is 80.5 Å². The Balaban J connectivity index is 1.81. The average Bonchev–Trinajstić information content (AvgIpc) is 2.83. The van der Waals surface area contributed by atoms with Gasteiger partial charge >= 0.3 is 0 Å². The van der Waals surface area contributed by atoms with Crippen molar-refractivity contribution in [3.05, 3.63) is 23.9 Å². The van der Waals surface area contributed by atoms with Gasteiger partial charge in [0.05, 0.1) is 6.61 Å². The van der Waals surface area contributed by atoms with Gasteiger partial charge in [0.1, 0.15) is 0 Å². The number of ether oxygens (including phenoxy) is 1. The predicted octanol–water partition coefficient (Wildman–Crippen LogP) is 0.602. The number of carbonyl (C=O) groups excluding carboxylic acids is 1. The number of nitrogens with zero attached hydrogens (tertiary/aromatic N) is 3. The minimum absolute atomic E-state index is 0.0190. The van der Waals surface area contributed by atoms with Crippen molar-refractivity contribution in [1.82, 2.24) is 19.9 Å². The number of pyridine rings is 1. The van der Waals surface area contributed by atoms with E-state index in [4.69, 9.17) is 4.74 Å². The zero-order valence-corrected chi connectivity index (χ0v) is 11.7. The average molecular weight is 277 g/mol. The summed E-state index contributed by atoms with van der Waals surface area (Å²) in [5.74, 6) is 0.512. The third-order valence-corrected chi connectivity index (χ3v) is 2.82. The molecule has 20 heavy (non-hydrogen) atoms. The molecule has 0 aromatic carbocycles. The van der Waals surface area contributed by atoms with E-state index in [0.29, 0.717) is 32.1 Å². The molecule has 0 unspecified atom stereocenters. The molecule has 0 aliphatic rings. The van der Waals surface area contributed by atoms with Crippen molar-refractivity contribution >= 4 is 17.5 Å². The third-order valence-electron chi connectivity index (χ3n) is 2.82. The quantitative estimate of drug-likeness (QED) is 0.724. The van der Waals surface area contributed by atoms with Crippen molar-refractivity contribution in [2.75, 3.05) is 32.1 Å². The van der Waals surface area contributed by atoms with Crippen LogP contribution in [0.3, 0.4) is 0 Å². The van der Waals surface area contributed by atoms with Gasteiger partial charge in [0.25, 0.3) is 0 Å². The number of hydrogen-bond donors (Lipinski definition) is 2. The van der Waals surface area contributed by atoms with Crippen molar-refractivity contribution in [2.24, 2.45) is 0 Å². The van der Waals surface area contributed by atoms with Gasteiger partial charge in [-0.15, -0.1) is 5.10 Å². The molecule has 1 amide bonds. The maximum atomic E-state index is 11.5. The maximum Gasteiger partial charge on any atom is 0.243 e. The Kier molecular flexibility index (Phi) is 4.89. The smallest absolute Gasteiger partial charge is 0.243 e. The normalized spacial score (nSPS) is 10.7. The van der Waals surface area contributed by atoms with Crippen LogP contribution in [0.2, 0.25) is 0 Å². The lowest BCUT2D eigenvalue weighted by Gasteiger charge is -2.04. The number of amides is 1. The number of anilines is 1. The lowest BCUT2D eigenvalue weighted by Crippen LogP contribution is -2.28. The van der Waals surface area contributed by atoms with E-state index in [1.54, 1.807) is 11.6 Å². The Morgan fingerprint density at radius 2 is 2.30 bits per heavy atom. The molecule has 2 heterocycles. The van der Waals surface area contributed by atoms with Gasteiger partial charge < -0.3 is 15.4 Å². The molecular formula is C13H19N5O2. The summed E-state index contributed by atoms with van der Waals surface area (Å²) in [5.41, 5.74) is 1.88. The summed E-state index contributed by atoms with van der Waals surface area (Å²) in [4.78, 5) is 15.9. The summed E-state index contributed by atoms with van der Waals surface area (Å²) in [7, 11) is 1.60. The Bertz CT molecular complexity index is 581. The molecule has 7 nitrogen and oxygen atoms in total. The minimum atomic E-state index is -0.0190. The molecule has 7 heteroatoms. The largest absolute Gasteiger partial charge is 0.383 e. The number of methoxy groups -OCH3 is 1. The SMILES string of the molecule is COCCNC(=O)CCNc1nc2c(C)cccn2n1. The first kappa shape index (κ1) is 14.3. The lowest BCUT2D eigenvalue weighted by molar-refractivity contribution is -0.121. The molecule has 0 fully saturated rings. The zero-order chi connectivity index (χ0) is 14.4. The standard InChI is InChI=1S/C13H19N5O2/c1-10-4-3-8-18-12(10)16-13(17-18)15-6-5-11(19)14-7-9-20-2/h3-4,8H,5-7,9H2,1-2H3,(H,14,19)(H,15,17). The molecule has 2 aromatic heterocycles. The fraction of sp³-hybridized carbons (Fsp3) is 0.462. The van der Waals surface area contributed by atoms with Gasteiger partial charge in [0.15, 0.2) is 5.65 Å². The van der Waals surface area contributed by atoms with Crippen LogP contribution in [0.15, 0.2) is 18.3 Å². The molecule has 0 spiro atoms. The number of aryl methyl sites for hydroxylation is 1. The number of carbonyl (C=O) groups is 1. The van der Waals surface area contributed by atoms with Crippen LogP contribution in [-0.2, 0) is 9.53 Å². The first-order valence-corrected chi connectivity index (χ1v) is 6.52. The van der Waals surface area contributed by atoms with Crippen molar-refractivity contribution in [1.29, 1.82) is 0 Å². The first-order chi connectivity index (χ1) is 9.70. The molecule has 0 aliphatic carbocycles. The highest BCUT2D eigenvalue weighted by Crippen LogP contribution is 2.09. The molecule has 0 saturated carbocycles. The summed E-state index contributed by atoms with van der Waals surface area (Å²) in [6.07, 6.45) is 2.22. The molecule has 0 radical (unpaired) electrons. The van der Waals surface area contributed by atoms with Gasteiger partial charge in [0.2, 0.25) is 11.9 Å². The first-order valence-electron chi connectivity index (χ1n) is 6.52. The summed E-state index contributed by atoms with van der Waals surface area (Å²) in [5, 5.41) is 10.1. The lowest BCUT2D eigenvalue weighted by atomic mass is 10.3. The highest BCUT2D eigenvalue weighted by Gasteiger charge is 2.05. The molecule has 2 aromatic rings. The molecule has 2 rings (SSSR count). The number of fused-ring (bicyclic) bond motifs is 1. The Morgan fingerprint density at radius 1 is 1.45 bits per heavy atom. The van der Waals surface area contributed by atoms with E-state index in [2.05, 4.69) is 20.7 Å². The summed E-state index contributed by atoms with van der Waals surface area (Å²) in [6.45, 7) is 3.53. The summed E-state index contributed by atoms with van der Waals surface area (Å²) >= 11 is 0. The molecular weight excluding hydrogens is 258 g/mol. The minimum Gasteiger partial charge on any atom is -0.383 e. The highest BCUT2D eigenvalue weighted by molar-refractivity contribution is 5.76. The summed E-state index contributed by atoms with van der Waals surface area (Å²) < 4.78 is 6.58. The van der Waals surface area contributed by atoms with Crippen molar-refractivity contribution in [3.8, 4) is 0 Å². The van der Waals surface area contributed by atoms with Crippen LogP contribution in [0.1, 0.15) is 12.0 Å². The second-order valence-corrected chi connectivity index (χ2v) is 4.41. The van der Waals surface area contributed by atoms with Crippen molar-refractivity contribution in [3.63, 3.8) is 0 Å². The van der Waals surface area contributed by atoms with Crippen LogP contribution in [0.25, 0.3) is 5.65 Å². The van der Waals surface area contributed by atoms with Gasteiger partial charge in [-0.1, -0.05) is 6.07 Å². The van der Waals surface area contributed by atoms with Gasteiger partial charge in [0, 0.05) is 32.8 Å². The van der Waals surface area contributed by atoms with Gasteiger partial charge in [-0.05, 0) is 18.6 Å². The molecule has 0 atom stereocenters. The van der Waals surface area contributed by atoms with Gasteiger partial charge in [-0.3, -0.25) is 4.79 Å². The molecule has 108 valence electrons. The highest BCUT2D eigenvalue weighted by atomic mass is 16.5. The monoisotopic (exact) mass is 277 g/mol.